The molecule has 0 bridgehead atoms. The van der Waals surface area contributed by atoms with Gasteiger partial charge in [0.1, 0.15) is 0 Å². The molecule has 0 rings (SSSR count). The fraction of sp³-hybridized carbons (Fsp3) is 1.00. The van der Waals surface area contributed by atoms with Crippen molar-refractivity contribution in [1.29, 1.82) is 0 Å². The molecule has 0 spiro atoms. The predicted molar refractivity (Wildman–Crippen MR) is 50.8 cm³/mol. The summed E-state index contributed by atoms with van der Waals surface area (Å²) in [5.41, 5.74) is 0. The summed E-state index contributed by atoms with van der Waals surface area (Å²) in [6.45, 7) is 2.58. The summed E-state index contributed by atoms with van der Waals surface area (Å²) in [4.78, 5) is 16.7. The molecule has 0 aromatic carbocycles. The van der Waals surface area contributed by atoms with Gasteiger partial charge in [0.2, 0.25) is 0 Å². The van der Waals surface area contributed by atoms with Crippen LogP contribution in [0.4, 0.5) is 0 Å². The topological polar surface area (TPSA) is 77.4 Å². The highest BCUT2D eigenvalue weighted by molar-refractivity contribution is 7.39. The minimum Gasteiger partial charge on any atom is -0.382 e. The van der Waals surface area contributed by atoms with Crippen molar-refractivity contribution in [3.05, 3.63) is 0 Å². The monoisotopic (exact) mass is 228 g/mol. The second kappa shape index (κ2) is 11.3. The average Bonchev–Trinajstić information content (AvgIpc) is 2.15. The number of hydrogen-bond donors (Lipinski definition) is 2. The Hall–Kier alpha value is 0.190. The number of methoxy groups -OCH3 is 1. The van der Waals surface area contributed by atoms with Gasteiger partial charge in [0.05, 0.1) is 39.6 Å². The van der Waals surface area contributed by atoms with Gasteiger partial charge in [-0.25, -0.2) is 0 Å². The van der Waals surface area contributed by atoms with Crippen LogP contribution in [0, 0.1) is 0 Å². The van der Waals surface area contributed by atoms with Crippen molar-refractivity contribution in [2.45, 2.75) is 0 Å². The van der Waals surface area contributed by atoms with E-state index in [1.807, 2.05) is 0 Å². The maximum absolute atomic E-state index is 8.36. The Morgan fingerprint density at radius 1 is 0.857 bits per heavy atom. The molecule has 0 aromatic rings. The molecule has 0 radical (unpaired) electrons. The zero-order valence-corrected chi connectivity index (χ0v) is 9.11. The lowest BCUT2D eigenvalue weighted by Crippen LogP contribution is -2.10. The molecule has 0 heterocycles. The molecule has 0 aliphatic rings. The largest absolute Gasteiger partial charge is 0.382 e. The first-order chi connectivity index (χ1) is 6.77. The van der Waals surface area contributed by atoms with Crippen molar-refractivity contribution in [1.82, 2.24) is 0 Å². The van der Waals surface area contributed by atoms with Crippen molar-refractivity contribution in [3.8, 4) is 0 Å². The Labute approximate surface area is 84.7 Å². The van der Waals surface area contributed by atoms with E-state index >= 15 is 0 Å². The third kappa shape index (κ3) is 12.2. The molecule has 86 valence electrons. The Morgan fingerprint density at radius 2 is 1.36 bits per heavy atom. The highest BCUT2D eigenvalue weighted by Gasteiger charge is 1.97. The smallest absolute Gasteiger partial charge is 0.327 e. The van der Waals surface area contributed by atoms with Crippen molar-refractivity contribution in [3.63, 3.8) is 0 Å². The molecule has 2 N–H and O–H groups in total. The maximum Gasteiger partial charge on any atom is 0.327 e. The van der Waals surface area contributed by atoms with Crippen LogP contribution >= 0.6 is 8.60 Å². The van der Waals surface area contributed by atoms with E-state index in [-0.39, 0.29) is 6.61 Å². The lowest BCUT2D eigenvalue weighted by atomic mass is 10.7. The molecule has 0 atom stereocenters. The van der Waals surface area contributed by atoms with Gasteiger partial charge in [-0.05, 0) is 0 Å². The first-order valence-corrected chi connectivity index (χ1v) is 5.39. The third-order valence-corrected chi connectivity index (χ3v) is 1.65. The fourth-order valence-corrected chi connectivity index (χ4v) is 0.880. The van der Waals surface area contributed by atoms with Crippen LogP contribution in [-0.2, 0) is 18.7 Å². The molecule has 7 heteroatoms. The molecule has 0 aromatic heterocycles. The Kier molecular flexibility index (Phi) is 11.4. The van der Waals surface area contributed by atoms with Crippen molar-refractivity contribution in [2.24, 2.45) is 0 Å². The SMILES string of the molecule is COCCOCCOCCOP(O)O. The van der Waals surface area contributed by atoms with E-state index < -0.39 is 8.60 Å². The van der Waals surface area contributed by atoms with E-state index in [1.165, 1.54) is 0 Å². The van der Waals surface area contributed by atoms with Crippen LogP contribution in [0.5, 0.6) is 0 Å². The minimum atomic E-state index is -2.26. The number of hydrogen-bond acceptors (Lipinski definition) is 6. The van der Waals surface area contributed by atoms with Crippen LogP contribution in [0.2, 0.25) is 0 Å². The summed E-state index contributed by atoms with van der Waals surface area (Å²) in [6, 6.07) is 0. The maximum atomic E-state index is 8.36. The molecule has 0 saturated carbocycles. The summed E-state index contributed by atoms with van der Waals surface area (Å²) in [6.07, 6.45) is 0. The van der Waals surface area contributed by atoms with E-state index in [4.69, 9.17) is 24.0 Å². The highest BCUT2D eigenvalue weighted by Crippen LogP contribution is 2.23. The Morgan fingerprint density at radius 3 is 1.86 bits per heavy atom. The minimum absolute atomic E-state index is 0.177. The van der Waals surface area contributed by atoms with Crippen molar-refractivity contribution < 1.29 is 28.5 Å². The molecule has 0 unspecified atom stereocenters. The zero-order valence-electron chi connectivity index (χ0n) is 8.22. The predicted octanol–water partition coefficient (Wildman–Crippen LogP) is -0.106. The molecule has 0 aliphatic carbocycles. The van der Waals surface area contributed by atoms with Gasteiger partial charge in [-0.3, -0.25) is 0 Å². The molecule has 0 saturated heterocycles. The van der Waals surface area contributed by atoms with Crippen LogP contribution in [-0.4, -0.2) is 56.5 Å². The summed E-state index contributed by atoms with van der Waals surface area (Å²) in [5, 5.41) is 0. The zero-order chi connectivity index (χ0) is 10.6. The molecular weight excluding hydrogens is 211 g/mol. The Bertz CT molecular complexity index is 112. The van der Waals surface area contributed by atoms with E-state index in [9.17, 15) is 0 Å². The summed E-state index contributed by atoms with van der Waals surface area (Å²) >= 11 is 0. The number of rotatable bonds is 10. The number of ether oxygens (including phenoxy) is 3. The van der Waals surface area contributed by atoms with Crippen molar-refractivity contribution >= 4 is 8.60 Å². The Balaban J connectivity index is 2.85. The van der Waals surface area contributed by atoms with Crippen LogP contribution in [0.1, 0.15) is 0 Å². The molecule has 14 heavy (non-hydrogen) atoms. The molecule has 0 aliphatic heterocycles. The van der Waals surface area contributed by atoms with Gasteiger partial charge in [0.15, 0.2) is 0 Å². The second-order valence-electron chi connectivity index (χ2n) is 2.30. The third-order valence-electron chi connectivity index (χ3n) is 1.24. The summed E-state index contributed by atoms with van der Waals surface area (Å²) in [5.74, 6) is 0. The van der Waals surface area contributed by atoms with Crippen LogP contribution < -0.4 is 0 Å². The molecule has 6 nitrogen and oxygen atoms in total. The first kappa shape index (κ1) is 14.2. The molecule has 0 fully saturated rings. The molecule has 0 amide bonds. The average molecular weight is 228 g/mol. The summed E-state index contributed by atoms with van der Waals surface area (Å²) < 4.78 is 19.4. The van der Waals surface area contributed by atoms with E-state index in [1.54, 1.807) is 7.11 Å². The normalized spacial score (nSPS) is 11.1. The second-order valence-corrected chi connectivity index (χ2v) is 3.07. The van der Waals surface area contributed by atoms with Crippen LogP contribution in [0.25, 0.3) is 0 Å². The van der Waals surface area contributed by atoms with Gasteiger partial charge >= 0.3 is 8.60 Å². The fourth-order valence-electron chi connectivity index (χ4n) is 0.642. The van der Waals surface area contributed by atoms with Crippen LogP contribution in [0.3, 0.4) is 0 Å². The standard InChI is InChI=1S/C7H17O6P/c1-10-2-3-11-4-5-12-6-7-13-14(8)9/h8-9H,2-7H2,1H3. The van der Waals surface area contributed by atoms with Gasteiger partial charge in [0.25, 0.3) is 0 Å². The quantitative estimate of drug-likeness (QED) is 0.401. The van der Waals surface area contributed by atoms with Gasteiger partial charge in [0, 0.05) is 7.11 Å². The van der Waals surface area contributed by atoms with Crippen LogP contribution in [0.15, 0.2) is 0 Å². The lowest BCUT2D eigenvalue weighted by molar-refractivity contribution is 0.0171. The van der Waals surface area contributed by atoms with Gasteiger partial charge in [-0.2, -0.15) is 0 Å². The summed E-state index contributed by atoms with van der Waals surface area (Å²) in [7, 11) is -0.650. The van der Waals surface area contributed by atoms with Gasteiger partial charge in [-0.15, -0.1) is 0 Å². The lowest BCUT2D eigenvalue weighted by Gasteiger charge is -2.06. The van der Waals surface area contributed by atoms with E-state index in [0.717, 1.165) is 0 Å². The van der Waals surface area contributed by atoms with E-state index in [0.29, 0.717) is 33.0 Å². The van der Waals surface area contributed by atoms with Gasteiger partial charge in [-0.1, -0.05) is 0 Å². The van der Waals surface area contributed by atoms with Gasteiger partial charge < -0.3 is 28.5 Å². The van der Waals surface area contributed by atoms with Crippen molar-refractivity contribution in [2.75, 3.05) is 46.8 Å². The first-order valence-electron chi connectivity index (χ1n) is 4.22. The molecular formula is C7H17O6P. The van der Waals surface area contributed by atoms with E-state index in [2.05, 4.69) is 4.52 Å². The highest BCUT2D eigenvalue weighted by atomic mass is 31.2.